The molecule has 0 aliphatic heterocycles. The second-order valence-corrected chi connectivity index (χ2v) is 7.21. The van der Waals surface area contributed by atoms with E-state index < -0.39 is 11.1 Å². The predicted molar refractivity (Wildman–Crippen MR) is 85.9 cm³/mol. The number of halogens is 1. The monoisotopic (exact) mass is 361 g/mol. The summed E-state index contributed by atoms with van der Waals surface area (Å²) < 4.78 is 3.96. The fourth-order valence-corrected chi connectivity index (χ4v) is 3.75. The van der Waals surface area contributed by atoms with Crippen LogP contribution in [0.25, 0.3) is 0 Å². The molecule has 2 aliphatic rings. The molecule has 2 fully saturated rings. The van der Waals surface area contributed by atoms with E-state index in [1.54, 1.807) is 23.2 Å². The molecule has 2 atom stereocenters. The Morgan fingerprint density at radius 1 is 1.09 bits per heavy atom. The van der Waals surface area contributed by atoms with Crippen LogP contribution in [0.3, 0.4) is 0 Å². The van der Waals surface area contributed by atoms with Gasteiger partial charge in [0.15, 0.2) is 0 Å². The van der Waals surface area contributed by atoms with Crippen molar-refractivity contribution in [3.05, 3.63) is 61.6 Å². The summed E-state index contributed by atoms with van der Waals surface area (Å²) >= 11 is 3.33. The molecule has 0 radical (unpaired) electrons. The lowest BCUT2D eigenvalue weighted by Crippen LogP contribution is -2.42. The maximum absolute atomic E-state index is 12.3. The standard InChI is InChI=1S/C16H16BrN3O2/c17-12-1-2-13(18-8-12)9-19-3-4-20(16(22)15(19)21)14-6-10-5-11(10)7-14/h1-4,8,10-11,14H,5-7,9H2. The SMILES string of the molecule is O=c1c(=O)n(C2CC3CC3C2)ccn1Cc1ccc(Br)cn1. The lowest BCUT2D eigenvalue weighted by Gasteiger charge is -2.16. The highest BCUT2D eigenvalue weighted by Gasteiger charge is 2.46. The smallest absolute Gasteiger partial charge is 0.306 e. The molecule has 2 aliphatic carbocycles. The van der Waals surface area contributed by atoms with Crippen LogP contribution in [0.5, 0.6) is 0 Å². The first-order chi connectivity index (χ1) is 10.6. The van der Waals surface area contributed by atoms with Crippen molar-refractivity contribution in [2.45, 2.75) is 31.8 Å². The number of hydrogen-bond donors (Lipinski definition) is 0. The van der Waals surface area contributed by atoms with E-state index in [0.29, 0.717) is 6.54 Å². The Bertz CT molecular complexity index is 815. The summed E-state index contributed by atoms with van der Waals surface area (Å²) in [5, 5.41) is 0. The molecule has 114 valence electrons. The van der Waals surface area contributed by atoms with Gasteiger partial charge >= 0.3 is 11.1 Å². The molecule has 4 rings (SSSR count). The molecule has 5 nitrogen and oxygen atoms in total. The van der Waals surface area contributed by atoms with E-state index in [2.05, 4.69) is 20.9 Å². The Morgan fingerprint density at radius 3 is 2.55 bits per heavy atom. The minimum absolute atomic E-state index is 0.212. The molecule has 2 heterocycles. The van der Waals surface area contributed by atoms with E-state index in [0.717, 1.165) is 34.8 Å². The number of nitrogens with zero attached hydrogens (tertiary/aromatic N) is 3. The summed E-state index contributed by atoms with van der Waals surface area (Å²) in [5.41, 5.74) is -0.122. The molecule has 0 N–H and O–H groups in total. The van der Waals surface area contributed by atoms with Gasteiger partial charge in [-0.25, -0.2) is 0 Å². The van der Waals surface area contributed by atoms with Crippen LogP contribution >= 0.6 is 15.9 Å². The number of pyridine rings is 1. The van der Waals surface area contributed by atoms with E-state index in [4.69, 9.17) is 0 Å². The molecule has 2 aromatic rings. The summed E-state index contributed by atoms with van der Waals surface area (Å²) in [6.07, 6.45) is 8.55. The lowest BCUT2D eigenvalue weighted by atomic mass is 10.1. The molecule has 2 unspecified atom stereocenters. The number of hydrogen-bond acceptors (Lipinski definition) is 3. The Hall–Kier alpha value is -1.69. The van der Waals surface area contributed by atoms with Crippen molar-refractivity contribution in [2.75, 3.05) is 0 Å². The van der Waals surface area contributed by atoms with Gasteiger partial charge < -0.3 is 9.13 Å². The van der Waals surface area contributed by atoms with Gasteiger partial charge in [-0.2, -0.15) is 0 Å². The first kappa shape index (κ1) is 13.9. The van der Waals surface area contributed by atoms with Crippen LogP contribution in [0.1, 0.15) is 31.0 Å². The Kier molecular flexibility index (Phi) is 3.29. The van der Waals surface area contributed by atoms with Crippen LogP contribution in [0, 0.1) is 11.8 Å². The Morgan fingerprint density at radius 2 is 1.86 bits per heavy atom. The van der Waals surface area contributed by atoms with Crippen molar-refractivity contribution >= 4 is 15.9 Å². The maximum atomic E-state index is 12.3. The highest BCUT2D eigenvalue weighted by atomic mass is 79.9. The highest BCUT2D eigenvalue weighted by Crippen LogP contribution is 2.55. The van der Waals surface area contributed by atoms with Crippen LogP contribution in [-0.4, -0.2) is 14.1 Å². The highest BCUT2D eigenvalue weighted by molar-refractivity contribution is 9.10. The van der Waals surface area contributed by atoms with Crippen LogP contribution in [0.2, 0.25) is 0 Å². The maximum Gasteiger partial charge on any atom is 0.316 e. The third kappa shape index (κ3) is 2.45. The van der Waals surface area contributed by atoms with E-state index in [1.807, 2.05) is 12.1 Å². The largest absolute Gasteiger partial charge is 0.316 e. The molecule has 0 saturated heterocycles. The van der Waals surface area contributed by atoms with Gasteiger partial charge in [-0.3, -0.25) is 14.6 Å². The first-order valence-electron chi connectivity index (χ1n) is 7.54. The van der Waals surface area contributed by atoms with Gasteiger partial charge in [-0.15, -0.1) is 0 Å². The minimum Gasteiger partial charge on any atom is -0.306 e. The minimum atomic E-state index is -0.465. The molecule has 0 spiro atoms. The van der Waals surface area contributed by atoms with Crippen LogP contribution < -0.4 is 11.1 Å². The van der Waals surface area contributed by atoms with E-state index in [1.165, 1.54) is 11.0 Å². The van der Waals surface area contributed by atoms with Gasteiger partial charge in [-0.05, 0) is 59.2 Å². The fraction of sp³-hybridized carbons (Fsp3) is 0.438. The topological polar surface area (TPSA) is 56.9 Å². The molecule has 2 aromatic heterocycles. The van der Waals surface area contributed by atoms with Crippen LogP contribution in [0.15, 0.2) is 44.8 Å². The number of fused-ring (bicyclic) bond motifs is 1. The average Bonchev–Trinajstić information content (AvgIpc) is 3.12. The Labute approximate surface area is 135 Å². The van der Waals surface area contributed by atoms with Gasteiger partial charge in [0.1, 0.15) is 0 Å². The van der Waals surface area contributed by atoms with Crippen molar-refractivity contribution in [3.63, 3.8) is 0 Å². The normalized spacial score (nSPS) is 26.0. The molecule has 6 heteroatoms. The van der Waals surface area contributed by atoms with E-state index in [9.17, 15) is 9.59 Å². The average molecular weight is 362 g/mol. The van der Waals surface area contributed by atoms with Gasteiger partial charge in [0, 0.05) is 29.1 Å². The summed E-state index contributed by atoms with van der Waals surface area (Å²) in [7, 11) is 0. The van der Waals surface area contributed by atoms with E-state index >= 15 is 0 Å². The Balaban J connectivity index is 1.61. The number of aromatic nitrogens is 3. The fourth-order valence-electron chi connectivity index (χ4n) is 3.52. The summed E-state index contributed by atoms with van der Waals surface area (Å²) in [6, 6.07) is 3.93. The zero-order valence-electron chi connectivity index (χ0n) is 12.0. The van der Waals surface area contributed by atoms with Gasteiger partial charge in [0.05, 0.1) is 12.2 Å². The first-order valence-corrected chi connectivity index (χ1v) is 8.33. The second-order valence-electron chi connectivity index (χ2n) is 6.29. The summed E-state index contributed by atoms with van der Waals surface area (Å²) in [6.45, 7) is 0.318. The zero-order valence-corrected chi connectivity index (χ0v) is 13.6. The molecule has 0 bridgehead atoms. The number of rotatable bonds is 3. The third-order valence-corrected chi connectivity index (χ3v) is 5.29. The quantitative estimate of drug-likeness (QED) is 0.787. The summed E-state index contributed by atoms with van der Waals surface area (Å²) in [5.74, 6) is 1.57. The summed E-state index contributed by atoms with van der Waals surface area (Å²) in [4.78, 5) is 28.9. The predicted octanol–water partition coefficient (Wildman–Crippen LogP) is 2.19. The molecule has 0 amide bonds. The zero-order chi connectivity index (χ0) is 15.3. The van der Waals surface area contributed by atoms with Crippen molar-refractivity contribution in [1.82, 2.24) is 14.1 Å². The lowest BCUT2D eigenvalue weighted by molar-refractivity contribution is 0.445. The molecular weight excluding hydrogens is 346 g/mol. The van der Waals surface area contributed by atoms with E-state index in [-0.39, 0.29) is 6.04 Å². The molecule has 2 saturated carbocycles. The van der Waals surface area contributed by atoms with Crippen molar-refractivity contribution in [3.8, 4) is 0 Å². The van der Waals surface area contributed by atoms with Crippen molar-refractivity contribution < 1.29 is 0 Å². The molecule has 0 aromatic carbocycles. The van der Waals surface area contributed by atoms with Gasteiger partial charge in [-0.1, -0.05) is 0 Å². The molecular formula is C16H16BrN3O2. The van der Waals surface area contributed by atoms with Gasteiger partial charge in [0.2, 0.25) is 0 Å². The molecule has 22 heavy (non-hydrogen) atoms. The van der Waals surface area contributed by atoms with Crippen LogP contribution in [0.4, 0.5) is 0 Å². The van der Waals surface area contributed by atoms with Gasteiger partial charge in [0.25, 0.3) is 0 Å². The van der Waals surface area contributed by atoms with Crippen molar-refractivity contribution in [1.29, 1.82) is 0 Å². The van der Waals surface area contributed by atoms with Crippen molar-refractivity contribution in [2.24, 2.45) is 11.8 Å². The third-order valence-electron chi connectivity index (χ3n) is 4.82. The second kappa shape index (κ2) is 5.19. The van der Waals surface area contributed by atoms with Crippen LogP contribution in [-0.2, 0) is 6.54 Å².